The van der Waals surface area contributed by atoms with Crippen LogP contribution in [0.1, 0.15) is 40.4 Å². The predicted molar refractivity (Wildman–Crippen MR) is 76.7 cm³/mol. The Kier molecular flexibility index (Phi) is 4.01. The van der Waals surface area contributed by atoms with Gasteiger partial charge < -0.3 is 4.52 Å². The molecule has 0 aliphatic heterocycles. The number of carbonyl (C=O) groups is 1. The zero-order valence-corrected chi connectivity index (χ0v) is 12.0. The Bertz CT molecular complexity index is 610. The third-order valence-corrected chi connectivity index (χ3v) is 3.98. The number of hydrogen-bond donors (Lipinski definition) is 0. The Morgan fingerprint density at radius 3 is 3.05 bits per heavy atom. The minimum Gasteiger partial charge on any atom is -0.364 e. The second kappa shape index (κ2) is 6.10. The van der Waals surface area contributed by atoms with Crippen molar-refractivity contribution in [2.45, 2.75) is 25.2 Å². The topological polar surface area (TPSA) is 55.6 Å². The average Bonchev–Trinajstić information content (AvgIpc) is 3.06. The van der Waals surface area contributed by atoms with Crippen LogP contribution in [0, 0.1) is 0 Å². The van der Waals surface area contributed by atoms with Crippen molar-refractivity contribution in [3.8, 4) is 0 Å². The number of aromatic nitrogens is 1. The van der Waals surface area contributed by atoms with Gasteiger partial charge in [-0.1, -0.05) is 29.4 Å². The summed E-state index contributed by atoms with van der Waals surface area (Å²) < 4.78 is 4.72. The summed E-state index contributed by atoms with van der Waals surface area (Å²) in [7, 11) is 1.51. The highest BCUT2D eigenvalue weighted by atomic mass is 16.7. The number of rotatable bonds is 4. The lowest BCUT2D eigenvalue weighted by atomic mass is 9.83. The molecule has 1 aromatic carbocycles. The van der Waals surface area contributed by atoms with Gasteiger partial charge >= 0.3 is 0 Å². The summed E-state index contributed by atoms with van der Waals surface area (Å²) in [5.74, 6) is 0.0278. The van der Waals surface area contributed by atoms with Crippen LogP contribution in [0.5, 0.6) is 0 Å². The fraction of sp³-hybridized carbons (Fsp3) is 0.375. The van der Waals surface area contributed by atoms with Gasteiger partial charge in [-0.3, -0.25) is 9.63 Å². The molecule has 0 fully saturated rings. The first-order valence-corrected chi connectivity index (χ1v) is 7.13. The molecular formula is C16H18N2O3. The number of aryl methyl sites for hydroxylation is 1. The van der Waals surface area contributed by atoms with Crippen molar-refractivity contribution in [2.24, 2.45) is 0 Å². The maximum atomic E-state index is 12.3. The molecule has 0 N–H and O–H groups in total. The Hall–Kier alpha value is -2.14. The van der Waals surface area contributed by atoms with E-state index in [9.17, 15) is 4.79 Å². The van der Waals surface area contributed by atoms with Gasteiger partial charge in [0.05, 0.1) is 13.7 Å². The molecule has 3 rings (SSSR count). The summed E-state index contributed by atoms with van der Waals surface area (Å²) in [6.45, 7) is 0.527. The second-order valence-corrected chi connectivity index (χ2v) is 5.22. The Morgan fingerprint density at radius 1 is 1.43 bits per heavy atom. The maximum absolute atomic E-state index is 12.3. The summed E-state index contributed by atoms with van der Waals surface area (Å²) in [5, 5.41) is 5.04. The first kappa shape index (κ1) is 13.8. The molecule has 110 valence electrons. The summed E-state index contributed by atoms with van der Waals surface area (Å²) in [6, 6.07) is 9.97. The van der Waals surface area contributed by atoms with E-state index in [-0.39, 0.29) is 11.6 Å². The lowest BCUT2D eigenvalue weighted by Crippen LogP contribution is -2.35. The molecule has 5 nitrogen and oxygen atoms in total. The second-order valence-electron chi connectivity index (χ2n) is 5.22. The van der Waals surface area contributed by atoms with E-state index in [4.69, 9.17) is 9.36 Å². The van der Waals surface area contributed by atoms with Crippen LogP contribution in [-0.2, 0) is 11.3 Å². The van der Waals surface area contributed by atoms with E-state index in [0.717, 1.165) is 19.3 Å². The van der Waals surface area contributed by atoms with Crippen LogP contribution in [0.4, 0.5) is 0 Å². The zero-order valence-electron chi connectivity index (χ0n) is 12.0. The molecule has 0 bridgehead atoms. The highest BCUT2D eigenvalue weighted by molar-refractivity contribution is 5.91. The quantitative estimate of drug-likeness (QED) is 0.811. The van der Waals surface area contributed by atoms with Gasteiger partial charge in [-0.05, 0) is 30.4 Å². The normalized spacial score (nSPS) is 17.3. The van der Waals surface area contributed by atoms with E-state index in [1.807, 2.05) is 6.07 Å². The number of hydrogen-bond acceptors (Lipinski definition) is 4. The molecule has 1 aromatic heterocycles. The standard InChI is InChI=1S/C16H18N2O3/c1-20-18(16(19)15-9-10-21-17-15)11-13-7-4-6-12-5-2-3-8-14(12)13/h2-3,5,8-10,13H,4,6-7,11H2,1H3. The molecule has 1 unspecified atom stereocenters. The summed E-state index contributed by atoms with van der Waals surface area (Å²) in [5.41, 5.74) is 2.96. The number of carbonyl (C=O) groups excluding carboxylic acids is 1. The molecule has 0 spiro atoms. The Labute approximate surface area is 123 Å². The fourth-order valence-electron chi connectivity index (χ4n) is 2.94. The molecule has 0 saturated carbocycles. The molecule has 5 heteroatoms. The van der Waals surface area contributed by atoms with Gasteiger partial charge in [0.25, 0.3) is 5.91 Å². The van der Waals surface area contributed by atoms with Crippen molar-refractivity contribution in [2.75, 3.05) is 13.7 Å². The number of amides is 1. The van der Waals surface area contributed by atoms with Gasteiger partial charge in [0.2, 0.25) is 0 Å². The molecule has 21 heavy (non-hydrogen) atoms. The van der Waals surface area contributed by atoms with Crippen LogP contribution in [-0.4, -0.2) is 29.8 Å². The van der Waals surface area contributed by atoms with Gasteiger partial charge in [0.1, 0.15) is 6.26 Å². The van der Waals surface area contributed by atoms with E-state index in [1.165, 1.54) is 29.6 Å². The molecule has 0 saturated heterocycles. The van der Waals surface area contributed by atoms with Crippen LogP contribution >= 0.6 is 0 Å². The van der Waals surface area contributed by atoms with Gasteiger partial charge in [-0.25, -0.2) is 5.06 Å². The molecule has 2 aromatic rings. The highest BCUT2D eigenvalue weighted by Gasteiger charge is 2.26. The van der Waals surface area contributed by atoms with Crippen LogP contribution in [0.25, 0.3) is 0 Å². The maximum Gasteiger partial charge on any atom is 0.299 e. The molecular weight excluding hydrogens is 268 g/mol. The third kappa shape index (κ3) is 2.83. The highest BCUT2D eigenvalue weighted by Crippen LogP contribution is 2.32. The van der Waals surface area contributed by atoms with Crippen molar-refractivity contribution < 1.29 is 14.2 Å². The number of fused-ring (bicyclic) bond motifs is 1. The van der Waals surface area contributed by atoms with E-state index >= 15 is 0 Å². The first-order valence-electron chi connectivity index (χ1n) is 7.13. The fourth-order valence-corrected chi connectivity index (χ4v) is 2.94. The van der Waals surface area contributed by atoms with Gasteiger partial charge in [0, 0.05) is 12.0 Å². The van der Waals surface area contributed by atoms with E-state index in [1.54, 1.807) is 6.07 Å². The van der Waals surface area contributed by atoms with Crippen molar-refractivity contribution in [3.63, 3.8) is 0 Å². The lowest BCUT2D eigenvalue weighted by molar-refractivity contribution is -0.0994. The minimum atomic E-state index is -0.269. The Morgan fingerprint density at radius 2 is 2.29 bits per heavy atom. The SMILES string of the molecule is CON(CC1CCCc2ccccc21)C(=O)c1ccon1. The van der Waals surface area contributed by atoms with Gasteiger partial charge in [0.15, 0.2) is 5.69 Å². The minimum absolute atomic E-state index is 0.265. The average molecular weight is 286 g/mol. The molecule has 1 heterocycles. The van der Waals surface area contributed by atoms with E-state index < -0.39 is 0 Å². The third-order valence-electron chi connectivity index (χ3n) is 3.98. The largest absolute Gasteiger partial charge is 0.364 e. The van der Waals surface area contributed by atoms with E-state index in [0.29, 0.717) is 12.5 Å². The number of benzene rings is 1. The number of hydroxylamine groups is 2. The first-order chi connectivity index (χ1) is 10.3. The van der Waals surface area contributed by atoms with Crippen LogP contribution < -0.4 is 0 Å². The van der Waals surface area contributed by atoms with Crippen molar-refractivity contribution in [3.05, 3.63) is 53.4 Å². The van der Waals surface area contributed by atoms with Crippen LogP contribution in [0.3, 0.4) is 0 Å². The molecule has 1 atom stereocenters. The molecule has 0 radical (unpaired) electrons. The predicted octanol–water partition coefficient (Wildman–Crippen LogP) is 2.80. The van der Waals surface area contributed by atoms with Crippen LogP contribution in [0.2, 0.25) is 0 Å². The number of nitrogens with zero attached hydrogens (tertiary/aromatic N) is 2. The molecule has 1 aliphatic rings. The zero-order chi connectivity index (χ0) is 14.7. The summed E-state index contributed by atoms with van der Waals surface area (Å²) >= 11 is 0. The van der Waals surface area contributed by atoms with Crippen molar-refractivity contribution in [1.29, 1.82) is 0 Å². The van der Waals surface area contributed by atoms with E-state index in [2.05, 4.69) is 23.4 Å². The van der Waals surface area contributed by atoms with Gasteiger partial charge in [-0.15, -0.1) is 0 Å². The molecule has 1 aliphatic carbocycles. The monoisotopic (exact) mass is 286 g/mol. The lowest BCUT2D eigenvalue weighted by Gasteiger charge is -2.29. The van der Waals surface area contributed by atoms with Gasteiger partial charge in [-0.2, -0.15) is 0 Å². The van der Waals surface area contributed by atoms with Crippen molar-refractivity contribution in [1.82, 2.24) is 10.2 Å². The van der Waals surface area contributed by atoms with Crippen molar-refractivity contribution >= 4 is 5.91 Å². The van der Waals surface area contributed by atoms with Crippen LogP contribution in [0.15, 0.2) is 41.1 Å². The smallest absolute Gasteiger partial charge is 0.299 e. The Balaban J connectivity index is 1.78. The summed E-state index contributed by atoms with van der Waals surface area (Å²) in [4.78, 5) is 17.6. The summed E-state index contributed by atoms with van der Waals surface area (Å²) in [6.07, 6.45) is 4.69. The molecule has 1 amide bonds.